The van der Waals surface area contributed by atoms with Gasteiger partial charge in [0.2, 0.25) is 5.91 Å². The molecule has 1 aliphatic heterocycles. The van der Waals surface area contributed by atoms with Crippen LogP contribution in [0.1, 0.15) is 16.4 Å². The Balaban J connectivity index is 1.31. The van der Waals surface area contributed by atoms with E-state index in [1.54, 1.807) is 42.0 Å². The van der Waals surface area contributed by atoms with Crippen LogP contribution in [0.4, 0.5) is 0 Å². The molecule has 3 aromatic heterocycles. The second-order valence-electron chi connectivity index (χ2n) is 8.22. The number of methoxy groups -OCH3 is 1. The third-order valence-corrected chi connectivity index (χ3v) is 6.06. The van der Waals surface area contributed by atoms with Crippen LogP contribution in [0.15, 0.2) is 57.9 Å². The number of benzene rings is 1. The molecular weight excluding hydrogens is 452 g/mol. The molecule has 0 unspecified atom stereocenters. The molecule has 180 valence electrons. The zero-order valence-electron chi connectivity index (χ0n) is 19.4. The number of carbonyl (C=O) groups excluding carboxylic acids is 2. The minimum absolute atomic E-state index is 0.189. The number of aromatic nitrogens is 4. The highest BCUT2D eigenvalue weighted by Gasteiger charge is 2.26. The maximum atomic E-state index is 13.1. The van der Waals surface area contributed by atoms with Crippen molar-refractivity contribution in [1.29, 1.82) is 0 Å². The second-order valence-corrected chi connectivity index (χ2v) is 8.22. The lowest BCUT2D eigenvalue weighted by molar-refractivity contribution is -0.133. The maximum absolute atomic E-state index is 13.1. The molecule has 0 aliphatic carbocycles. The fourth-order valence-electron chi connectivity index (χ4n) is 4.13. The number of hydrogen-bond acceptors (Lipinski definition) is 7. The number of amides is 2. The summed E-state index contributed by atoms with van der Waals surface area (Å²) in [6, 6.07) is 12.3. The molecule has 0 N–H and O–H groups in total. The van der Waals surface area contributed by atoms with Crippen LogP contribution in [0.3, 0.4) is 0 Å². The minimum Gasteiger partial charge on any atom is -0.497 e. The fraction of sp³-hybridized carbons (Fsp3) is 0.292. The highest BCUT2D eigenvalue weighted by molar-refractivity contribution is 5.91. The van der Waals surface area contributed by atoms with Crippen molar-refractivity contribution in [2.24, 2.45) is 0 Å². The van der Waals surface area contributed by atoms with Crippen LogP contribution < -0.4 is 10.3 Å². The van der Waals surface area contributed by atoms with Gasteiger partial charge in [-0.05, 0) is 49.4 Å². The molecule has 0 saturated carbocycles. The molecule has 1 saturated heterocycles. The van der Waals surface area contributed by atoms with Crippen molar-refractivity contribution in [3.8, 4) is 17.0 Å². The van der Waals surface area contributed by atoms with Crippen LogP contribution in [0, 0.1) is 6.92 Å². The lowest BCUT2D eigenvalue weighted by Crippen LogP contribution is -2.51. The number of furan rings is 1. The maximum Gasteiger partial charge on any atom is 0.293 e. The van der Waals surface area contributed by atoms with Gasteiger partial charge in [-0.3, -0.25) is 14.4 Å². The quantitative estimate of drug-likeness (QED) is 0.428. The van der Waals surface area contributed by atoms with E-state index >= 15 is 0 Å². The number of nitrogens with zero attached hydrogens (tertiary/aromatic N) is 6. The van der Waals surface area contributed by atoms with E-state index in [1.807, 2.05) is 24.3 Å². The summed E-state index contributed by atoms with van der Waals surface area (Å²) < 4.78 is 13.0. The summed E-state index contributed by atoms with van der Waals surface area (Å²) in [4.78, 5) is 41.7. The van der Waals surface area contributed by atoms with Crippen LogP contribution in [0.2, 0.25) is 0 Å². The van der Waals surface area contributed by atoms with Gasteiger partial charge in [-0.25, -0.2) is 9.20 Å². The summed E-state index contributed by atoms with van der Waals surface area (Å²) in [6.45, 7) is 3.06. The van der Waals surface area contributed by atoms with Gasteiger partial charge in [0.1, 0.15) is 23.6 Å². The fourth-order valence-corrected chi connectivity index (χ4v) is 4.13. The average molecular weight is 476 g/mol. The molecule has 0 bridgehead atoms. The van der Waals surface area contributed by atoms with Crippen molar-refractivity contribution in [2.45, 2.75) is 13.5 Å². The lowest BCUT2D eigenvalue weighted by atomic mass is 10.1. The molecule has 5 rings (SSSR count). The smallest absolute Gasteiger partial charge is 0.293 e. The minimum atomic E-state index is -0.400. The highest BCUT2D eigenvalue weighted by Crippen LogP contribution is 2.22. The van der Waals surface area contributed by atoms with Gasteiger partial charge in [0.15, 0.2) is 5.76 Å². The highest BCUT2D eigenvalue weighted by atomic mass is 16.5. The van der Waals surface area contributed by atoms with Crippen molar-refractivity contribution in [3.05, 3.63) is 70.7 Å². The van der Waals surface area contributed by atoms with Crippen LogP contribution >= 0.6 is 0 Å². The molecule has 1 aromatic carbocycles. The van der Waals surface area contributed by atoms with Gasteiger partial charge >= 0.3 is 0 Å². The molecule has 0 spiro atoms. The topological polar surface area (TPSA) is 115 Å². The number of aryl methyl sites for hydroxylation is 1. The number of fused-ring (bicyclic) bond motifs is 1. The van der Waals surface area contributed by atoms with Crippen molar-refractivity contribution >= 4 is 17.3 Å². The first-order valence-electron chi connectivity index (χ1n) is 11.2. The van der Waals surface area contributed by atoms with Gasteiger partial charge in [0, 0.05) is 31.7 Å². The second kappa shape index (κ2) is 9.09. The first kappa shape index (κ1) is 22.4. The summed E-state index contributed by atoms with van der Waals surface area (Å²) in [5, 5.41) is 8.82. The van der Waals surface area contributed by atoms with Gasteiger partial charge in [-0.15, -0.1) is 0 Å². The van der Waals surface area contributed by atoms with Crippen molar-refractivity contribution in [2.75, 3.05) is 33.3 Å². The third kappa shape index (κ3) is 4.27. The average Bonchev–Trinajstić information content (AvgIpc) is 3.58. The normalized spacial score (nSPS) is 13.9. The van der Waals surface area contributed by atoms with Gasteiger partial charge < -0.3 is 19.0 Å². The molecule has 35 heavy (non-hydrogen) atoms. The molecule has 11 nitrogen and oxygen atoms in total. The number of rotatable bonds is 5. The zero-order valence-corrected chi connectivity index (χ0v) is 19.4. The Bertz CT molecular complexity index is 1430. The van der Waals surface area contributed by atoms with Crippen molar-refractivity contribution in [1.82, 2.24) is 29.2 Å². The Hall–Kier alpha value is -4.41. The van der Waals surface area contributed by atoms with Crippen LogP contribution in [0.5, 0.6) is 5.75 Å². The standard InChI is InChI=1S/C24H24N6O5/c1-16-25-29(15-22(31)27-9-11-28(12-10-27)24(33)21-4-3-13-35-21)23(32)20-14-19(26-30(16)20)17-5-7-18(34-2)8-6-17/h3-8,13-14H,9-12,15H2,1-2H3. The molecule has 1 fully saturated rings. The molecule has 0 radical (unpaired) electrons. The van der Waals surface area contributed by atoms with Gasteiger partial charge in [-0.2, -0.15) is 10.2 Å². The van der Waals surface area contributed by atoms with E-state index in [1.165, 1.54) is 15.5 Å². The largest absolute Gasteiger partial charge is 0.497 e. The molecule has 2 amide bonds. The lowest BCUT2D eigenvalue weighted by Gasteiger charge is -2.34. The van der Waals surface area contributed by atoms with E-state index in [4.69, 9.17) is 9.15 Å². The Morgan fingerprint density at radius 1 is 1.03 bits per heavy atom. The van der Waals surface area contributed by atoms with Crippen LogP contribution in [-0.2, 0) is 11.3 Å². The number of ether oxygens (including phenoxy) is 1. The van der Waals surface area contributed by atoms with E-state index in [2.05, 4.69) is 10.2 Å². The van der Waals surface area contributed by atoms with Gasteiger partial charge in [0.05, 0.1) is 19.1 Å². The summed E-state index contributed by atoms with van der Waals surface area (Å²) in [6.07, 6.45) is 1.46. The summed E-state index contributed by atoms with van der Waals surface area (Å²) in [5.74, 6) is 1.06. The Labute approximate surface area is 200 Å². The monoisotopic (exact) mass is 476 g/mol. The third-order valence-electron chi connectivity index (χ3n) is 6.06. The van der Waals surface area contributed by atoms with E-state index in [-0.39, 0.29) is 24.1 Å². The van der Waals surface area contributed by atoms with Crippen LogP contribution in [0.25, 0.3) is 16.8 Å². The van der Waals surface area contributed by atoms with Gasteiger partial charge in [0.25, 0.3) is 11.5 Å². The Kier molecular flexibility index (Phi) is 5.81. The van der Waals surface area contributed by atoms with E-state index in [9.17, 15) is 14.4 Å². The Morgan fingerprint density at radius 2 is 1.74 bits per heavy atom. The predicted molar refractivity (Wildman–Crippen MR) is 125 cm³/mol. The summed E-state index contributed by atoms with van der Waals surface area (Å²) >= 11 is 0. The molecule has 0 atom stereocenters. The zero-order chi connectivity index (χ0) is 24.5. The molecule has 1 aliphatic rings. The SMILES string of the molecule is COc1ccc(-c2cc3c(=O)n(CC(=O)N4CCN(C(=O)c5ccco5)CC4)nc(C)n3n2)cc1. The molecule has 11 heteroatoms. The van der Waals surface area contributed by atoms with E-state index in [0.29, 0.717) is 43.2 Å². The summed E-state index contributed by atoms with van der Waals surface area (Å²) in [7, 11) is 1.60. The van der Waals surface area contributed by atoms with Gasteiger partial charge in [-0.1, -0.05) is 0 Å². The number of piperazine rings is 1. The first-order valence-corrected chi connectivity index (χ1v) is 11.2. The molecule has 4 heterocycles. The number of carbonyl (C=O) groups is 2. The van der Waals surface area contributed by atoms with Crippen molar-refractivity contribution in [3.63, 3.8) is 0 Å². The predicted octanol–water partition coefficient (Wildman–Crippen LogP) is 1.45. The summed E-state index contributed by atoms with van der Waals surface area (Å²) in [5.41, 5.74) is 1.39. The molecule has 4 aromatic rings. The van der Waals surface area contributed by atoms with Crippen molar-refractivity contribution < 1.29 is 18.7 Å². The van der Waals surface area contributed by atoms with Crippen LogP contribution in [-0.4, -0.2) is 74.3 Å². The first-order chi connectivity index (χ1) is 16.9. The molecular formula is C24H24N6O5. The number of hydrogen-bond donors (Lipinski definition) is 0. The van der Waals surface area contributed by atoms with E-state index in [0.717, 1.165) is 11.3 Å². The van der Waals surface area contributed by atoms with E-state index < -0.39 is 5.56 Å². The Morgan fingerprint density at radius 3 is 2.40 bits per heavy atom.